The van der Waals surface area contributed by atoms with Gasteiger partial charge in [0.05, 0.1) is 18.2 Å². The average Bonchev–Trinajstić information content (AvgIpc) is 3.18. The van der Waals surface area contributed by atoms with E-state index in [2.05, 4.69) is 16.0 Å². The molecular formula is C15H16N4OS2. The molecule has 0 aromatic carbocycles. The van der Waals surface area contributed by atoms with Crippen LogP contribution in [0.25, 0.3) is 0 Å². The number of rotatable bonds is 4. The maximum atomic E-state index is 12.7. The molecule has 1 amide bonds. The lowest BCUT2D eigenvalue weighted by Crippen LogP contribution is -2.39. The van der Waals surface area contributed by atoms with E-state index in [1.54, 1.807) is 22.3 Å². The second-order valence-electron chi connectivity index (χ2n) is 5.34. The summed E-state index contributed by atoms with van der Waals surface area (Å²) in [6, 6.07) is 3.78. The number of thiazole rings is 1. The van der Waals surface area contributed by atoms with Crippen molar-refractivity contribution < 1.29 is 4.79 Å². The smallest absolute Gasteiger partial charge is 0.245 e. The van der Waals surface area contributed by atoms with Crippen molar-refractivity contribution >= 4 is 33.6 Å². The number of likely N-dealkylation sites (N-methyl/N-ethyl adjacent to an activating group) is 1. The molecule has 1 aliphatic heterocycles. The van der Waals surface area contributed by atoms with Crippen LogP contribution in [0, 0.1) is 18.3 Å². The van der Waals surface area contributed by atoms with E-state index in [9.17, 15) is 4.79 Å². The van der Waals surface area contributed by atoms with Crippen LogP contribution in [0.2, 0.25) is 0 Å². The first-order valence-corrected chi connectivity index (χ1v) is 8.76. The van der Waals surface area contributed by atoms with Gasteiger partial charge in [0.2, 0.25) is 5.91 Å². The van der Waals surface area contributed by atoms with Gasteiger partial charge in [-0.25, -0.2) is 4.98 Å². The highest BCUT2D eigenvalue weighted by Gasteiger charge is 2.36. The van der Waals surface area contributed by atoms with E-state index in [1.165, 1.54) is 11.3 Å². The number of aromatic nitrogens is 1. The Hall–Kier alpha value is -1.75. The largest absolute Gasteiger partial charge is 0.301 e. The summed E-state index contributed by atoms with van der Waals surface area (Å²) in [6.07, 6.45) is 0.780. The summed E-state index contributed by atoms with van der Waals surface area (Å²) < 4.78 is 0. The monoisotopic (exact) mass is 332 g/mol. The molecule has 0 unspecified atom stereocenters. The van der Waals surface area contributed by atoms with E-state index in [-0.39, 0.29) is 11.9 Å². The molecule has 0 aliphatic carbocycles. The van der Waals surface area contributed by atoms with Crippen molar-refractivity contribution in [3.05, 3.63) is 33.1 Å². The molecule has 1 atom stereocenters. The van der Waals surface area contributed by atoms with Crippen LogP contribution in [0.5, 0.6) is 0 Å². The highest BCUT2D eigenvalue weighted by atomic mass is 32.1. The quantitative estimate of drug-likeness (QED) is 0.863. The summed E-state index contributed by atoms with van der Waals surface area (Å²) in [5.74, 6) is 0.0785. The molecule has 0 N–H and O–H groups in total. The van der Waals surface area contributed by atoms with Crippen LogP contribution >= 0.6 is 22.7 Å². The van der Waals surface area contributed by atoms with Crippen molar-refractivity contribution in [2.45, 2.75) is 25.9 Å². The van der Waals surface area contributed by atoms with Crippen molar-refractivity contribution in [2.24, 2.45) is 0 Å². The summed E-state index contributed by atoms with van der Waals surface area (Å²) in [4.78, 5) is 20.9. The highest BCUT2D eigenvalue weighted by molar-refractivity contribution is 7.14. The number of nitrogens with zero attached hydrogens (tertiary/aromatic N) is 4. The van der Waals surface area contributed by atoms with E-state index in [0.717, 1.165) is 22.1 Å². The molecule has 22 heavy (non-hydrogen) atoms. The topological polar surface area (TPSA) is 60.2 Å². The van der Waals surface area contributed by atoms with Crippen molar-refractivity contribution in [1.82, 2.24) is 9.88 Å². The van der Waals surface area contributed by atoms with Crippen LogP contribution in [0.4, 0.5) is 5.00 Å². The maximum Gasteiger partial charge on any atom is 0.245 e. The van der Waals surface area contributed by atoms with Gasteiger partial charge in [-0.05, 0) is 31.8 Å². The second kappa shape index (κ2) is 6.16. The number of carbonyl (C=O) groups excluding carboxylic acids is 1. The van der Waals surface area contributed by atoms with Gasteiger partial charge in [0, 0.05) is 17.6 Å². The van der Waals surface area contributed by atoms with Gasteiger partial charge in [-0.2, -0.15) is 5.26 Å². The summed E-state index contributed by atoms with van der Waals surface area (Å²) >= 11 is 3.07. The minimum Gasteiger partial charge on any atom is -0.301 e. The Morgan fingerprint density at radius 3 is 3.05 bits per heavy atom. The van der Waals surface area contributed by atoms with Crippen LogP contribution in [-0.2, 0) is 11.3 Å². The summed E-state index contributed by atoms with van der Waals surface area (Å²) in [7, 11) is 1.96. The number of nitriles is 1. The normalized spacial score (nSPS) is 18.2. The molecule has 5 nitrogen and oxygen atoms in total. The van der Waals surface area contributed by atoms with Crippen LogP contribution in [0.3, 0.4) is 0 Å². The number of aryl methyl sites for hydroxylation is 1. The number of hydrogen-bond acceptors (Lipinski definition) is 6. The predicted octanol–water partition coefficient (Wildman–Crippen LogP) is 2.62. The van der Waals surface area contributed by atoms with Gasteiger partial charge in [0.15, 0.2) is 0 Å². The first kappa shape index (κ1) is 15.2. The van der Waals surface area contributed by atoms with Crippen molar-refractivity contribution in [2.75, 3.05) is 18.5 Å². The van der Waals surface area contributed by atoms with E-state index in [4.69, 9.17) is 5.26 Å². The lowest BCUT2D eigenvalue weighted by Gasteiger charge is -2.22. The van der Waals surface area contributed by atoms with Crippen molar-refractivity contribution in [3.8, 4) is 6.07 Å². The molecule has 0 spiro atoms. The zero-order valence-corrected chi connectivity index (χ0v) is 14.1. The highest BCUT2D eigenvalue weighted by Crippen LogP contribution is 2.32. The molecule has 114 valence electrons. The van der Waals surface area contributed by atoms with E-state index < -0.39 is 0 Å². The van der Waals surface area contributed by atoms with Gasteiger partial charge in [0.1, 0.15) is 16.1 Å². The summed E-state index contributed by atoms with van der Waals surface area (Å²) in [5, 5.41) is 14.8. The van der Waals surface area contributed by atoms with Crippen LogP contribution in [0.15, 0.2) is 16.8 Å². The van der Waals surface area contributed by atoms with Gasteiger partial charge in [-0.15, -0.1) is 22.7 Å². The fraction of sp³-hybridized carbons (Fsp3) is 0.400. The molecule has 1 fully saturated rings. The summed E-state index contributed by atoms with van der Waals surface area (Å²) in [5.41, 5.74) is 1.60. The predicted molar refractivity (Wildman–Crippen MR) is 88.1 cm³/mol. The SMILES string of the molecule is Cc1csc(CN(C)[C@@H]2CCN(c3sccc3C#N)C2=O)n1. The van der Waals surface area contributed by atoms with Crippen molar-refractivity contribution in [3.63, 3.8) is 0 Å². The second-order valence-corrected chi connectivity index (χ2v) is 7.18. The zero-order valence-electron chi connectivity index (χ0n) is 12.4. The third-order valence-electron chi connectivity index (χ3n) is 3.77. The van der Waals surface area contributed by atoms with Crippen LogP contribution < -0.4 is 4.90 Å². The molecule has 0 radical (unpaired) electrons. The average molecular weight is 332 g/mol. The molecule has 1 aliphatic rings. The lowest BCUT2D eigenvalue weighted by molar-refractivity contribution is -0.121. The number of amides is 1. The van der Waals surface area contributed by atoms with E-state index >= 15 is 0 Å². The van der Waals surface area contributed by atoms with Crippen LogP contribution in [-0.4, -0.2) is 35.4 Å². The Bertz CT molecular complexity index is 730. The molecule has 0 bridgehead atoms. The number of hydrogen-bond donors (Lipinski definition) is 0. The Morgan fingerprint density at radius 1 is 1.55 bits per heavy atom. The third kappa shape index (κ3) is 2.77. The molecular weight excluding hydrogens is 316 g/mol. The fourth-order valence-corrected chi connectivity index (χ4v) is 4.39. The standard InChI is InChI=1S/C15H16N4OS2/c1-10-9-22-13(17-10)8-18(2)12-3-5-19(14(12)20)15-11(7-16)4-6-21-15/h4,6,9,12H,3,5,8H2,1-2H3/t12-/m1/s1. The molecule has 2 aromatic rings. The maximum absolute atomic E-state index is 12.7. The van der Waals surface area contributed by atoms with Crippen molar-refractivity contribution in [1.29, 1.82) is 5.26 Å². The van der Waals surface area contributed by atoms with Crippen LogP contribution in [0.1, 0.15) is 22.7 Å². The molecule has 1 saturated heterocycles. The Morgan fingerprint density at radius 2 is 2.36 bits per heavy atom. The minimum atomic E-state index is -0.141. The Labute approximate surface area is 137 Å². The van der Waals surface area contributed by atoms with Gasteiger partial charge in [-0.1, -0.05) is 0 Å². The fourth-order valence-electron chi connectivity index (χ4n) is 2.67. The van der Waals surface area contributed by atoms with E-state index in [0.29, 0.717) is 18.7 Å². The third-order valence-corrected chi connectivity index (χ3v) is 5.66. The van der Waals surface area contributed by atoms with E-state index in [1.807, 2.05) is 24.7 Å². The number of thiophene rings is 1. The van der Waals surface area contributed by atoms with Gasteiger partial charge in [-0.3, -0.25) is 9.69 Å². The summed E-state index contributed by atoms with van der Waals surface area (Å²) in [6.45, 7) is 3.32. The zero-order chi connectivity index (χ0) is 15.7. The minimum absolute atomic E-state index is 0.0785. The molecule has 3 rings (SSSR count). The first-order valence-electron chi connectivity index (χ1n) is 7.00. The number of carbonyl (C=O) groups is 1. The molecule has 2 aromatic heterocycles. The molecule has 0 saturated carbocycles. The van der Waals surface area contributed by atoms with Gasteiger partial charge >= 0.3 is 0 Å². The van der Waals surface area contributed by atoms with Gasteiger partial charge < -0.3 is 4.90 Å². The number of anilines is 1. The first-order chi connectivity index (χ1) is 10.6. The molecule has 7 heteroatoms. The Kier molecular flexibility index (Phi) is 4.25. The Balaban J connectivity index is 1.72. The molecule has 3 heterocycles. The lowest BCUT2D eigenvalue weighted by atomic mass is 10.2. The van der Waals surface area contributed by atoms with Gasteiger partial charge in [0.25, 0.3) is 0 Å².